The van der Waals surface area contributed by atoms with Crippen molar-refractivity contribution in [3.05, 3.63) is 59.7 Å². The molecule has 2 aromatic rings. The maximum atomic E-state index is 6.21. The number of fused-ring (bicyclic) bond motifs is 1. The molecule has 0 saturated heterocycles. The summed E-state index contributed by atoms with van der Waals surface area (Å²) < 4.78 is 6.21. The van der Waals surface area contributed by atoms with E-state index in [9.17, 15) is 0 Å². The summed E-state index contributed by atoms with van der Waals surface area (Å²) in [6, 6.07) is 17.4. The Morgan fingerprint density at radius 3 is 2.67 bits per heavy atom. The summed E-state index contributed by atoms with van der Waals surface area (Å²) in [6.07, 6.45) is 1.23. The second-order valence-electron chi connectivity index (χ2n) is 5.28. The number of ether oxygens (including phenoxy) is 1. The number of benzene rings is 2. The van der Waals surface area contributed by atoms with Gasteiger partial charge in [-0.3, -0.25) is 0 Å². The van der Waals surface area contributed by atoms with E-state index in [4.69, 9.17) is 4.74 Å². The van der Waals surface area contributed by atoms with Crippen LogP contribution in [0, 0.1) is 0 Å². The molecule has 0 spiro atoms. The van der Waals surface area contributed by atoms with Crippen LogP contribution in [-0.2, 0) is 6.42 Å². The molecule has 1 aliphatic rings. The first-order valence-electron chi connectivity index (χ1n) is 7.46. The molecule has 0 bridgehead atoms. The number of rotatable bonds is 4. The second-order valence-corrected chi connectivity index (χ2v) is 6.34. The molecule has 2 atom stereocenters. The van der Waals surface area contributed by atoms with E-state index in [2.05, 4.69) is 54.7 Å². The van der Waals surface area contributed by atoms with Gasteiger partial charge in [-0.25, -0.2) is 0 Å². The Balaban J connectivity index is 1.80. The fraction of sp³-hybridized carbons (Fsp3) is 0.333. The van der Waals surface area contributed by atoms with Gasteiger partial charge >= 0.3 is 0 Å². The van der Waals surface area contributed by atoms with Gasteiger partial charge in [-0.15, -0.1) is 11.8 Å². The molecular formula is C18H21NOS. The average Bonchev–Trinajstić information content (AvgIpc) is 2.56. The molecule has 0 saturated carbocycles. The van der Waals surface area contributed by atoms with Crippen LogP contribution in [0.5, 0.6) is 5.75 Å². The van der Waals surface area contributed by atoms with Crippen molar-refractivity contribution in [2.75, 3.05) is 12.8 Å². The molecule has 2 aromatic carbocycles. The Kier molecular flexibility index (Phi) is 4.51. The summed E-state index contributed by atoms with van der Waals surface area (Å²) >= 11 is 1.88. The van der Waals surface area contributed by atoms with Crippen molar-refractivity contribution in [3.8, 4) is 5.75 Å². The third-order valence-electron chi connectivity index (χ3n) is 3.96. The van der Waals surface area contributed by atoms with E-state index in [0.29, 0.717) is 0 Å². The Morgan fingerprint density at radius 2 is 1.95 bits per heavy atom. The number of nitrogens with one attached hydrogen (secondary N) is 1. The van der Waals surface area contributed by atoms with Crippen molar-refractivity contribution in [1.29, 1.82) is 0 Å². The zero-order valence-electron chi connectivity index (χ0n) is 12.5. The highest BCUT2D eigenvalue weighted by atomic mass is 32.2. The highest BCUT2D eigenvalue weighted by Gasteiger charge is 2.28. The van der Waals surface area contributed by atoms with Crippen LogP contribution in [0.15, 0.2) is 53.4 Å². The van der Waals surface area contributed by atoms with Crippen LogP contribution in [0.4, 0.5) is 0 Å². The van der Waals surface area contributed by atoms with Crippen molar-refractivity contribution in [2.45, 2.75) is 30.4 Å². The van der Waals surface area contributed by atoms with Gasteiger partial charge in [0, 0.05) is 10.6 Å². The first-order chi connectivity index (χ1) is 10.3. The van der Waals surface area contributed by atoms with Gasteiger partial charge in [0.25, 0.3) is 0 Å². The van der Waals surface area contributed by atoms with Gasteiger partial charge in [0.1, 0.15) is 11.9 Å². The van der Waals surface area contributed by atoms with E-state index in [0.717, 1.165) is 17.9 Å². The van der Waals surface area contributed by atoms with Crippen LogP contribution in [-0.4, -0.2) is 18.9 Å². The smallest absolute Gasteiger partial charge is 0.133 e. The zero-order chi connectivity index (χ0) is 14.7. The topological polar surface area (TPSA) is 21.3 Å². The van der Waals surface area contributed by atoms with Crippen LogP contribution in [0.25, 0.3) is 0 Å². The standard InChI is InChI=1S/C18H21NOS/c1-3-13-8-10-14(11-9-13)18(19-2)16-12-21-17-7-5-4-6-15(17)20-16/h4-11,16,18-19H,3,12H2,1-2H3. The molecule has 21 heavy (non-hydrogen) atoms. The van der Waals surface area contributed by atoms with Crippen LogP contribution < -0.4 is 10.1 Å². The van der Waals surface area contributed by atoms with Crippen LogP contribution >= 0.6 is 11.8 Å². The Labute approximate surface area is 130 Å². The molecule has 0 radical (unpaired) electrons. The van der Waals surface area contributed by atoms with E-state index in [1.165, 1.54) is 16.0 Å². The molecule has 0 amide bonds. The van der Waals surface area contributed by atoms with Gasteiger partial charge < -0.3 is 10.1 Å². The number of likely N-dealkylation sites (N-methyl/N-ethyl adjacent to an activating group) is 1. The minimum Gasteiger partial charge on any atom is -0.486 e. The van der Waals surface area contributed by atoms with Crippen LogP contribution in [0.3, 0.4) is 0 Å². The molecule has 3 rings (SSSR count). The van der Waals surface area contributed by atoms with E-state index in [1.54, 1.807) is 0 Å². The minimum absolute atomic E-state index is 0.155. The van der Waals surface area contributed by atoms with E-state index >= 15 is 0 Å². The SMILES string of the molecule is CCc1ccc(C(NC)C2CSc3ccccc3O2)cc1. The number of para-hydroxylation sites is 1. The fourth-order valence-corrected chi connectivity index (χ4v) is 3.77. The molecule has 1 N–H and O–H groups in total. The first kappa shape index (κ1) is 14.5. The van der Waals surface area contributed by atoms with Gasteiger partial charge in [0.2, 0.25) is 0 Å². The lowest BCUT2D eigenvalue weighted by Crippen LogP contribution is -2.37. The molecule has 0 fully saturated rings. The van der Waals surface area contributed by atoms with E-state index < -0.39 is 0 Å². The Morgan fingerprint density at radius 1 is 1.19 bits per heavy atom. The van der Waals surface area contributed by atoms with Crippen molar-refractivity contribution >= 4 is 11.8 Å². The third kappa shape index (κ3) is 3.09. The fourth-order valence-electron chi connectivity index (χ4n) is 2.73. The van der Waals surface area contributed by atoms with Crippen molar-refractivity contribution in [1.82, 2.24) is 5.32 Å². The molecule has 0 aliphatic carbocycles. The summed E-state index contributed by atoms with van der Waals surface area (Å²) in [7, 11) is 2.01. The third-order valence-corrected chi connectivity index (χ3v) is 5.10. The molecule has 2 unspecified atom stereocenters. The van der Waals surface area contributed by atoms with Crippen LogP contribution in [0.1, 0.15) is 24.1 Å². The lowest BCUT2D eigenvalue weighted by molar-refractivity contribution is 0.171. The van der Waals surface area contributed by atoms with Crippen molar-refractivity contribution < 1.29 is 4.74 Å². The van der Waals surface area contributed by atoms with E-state index in [-0.39, 0.29) is 12.1 Å². The van der Waals surface area contributed by atoms with Gasteiger partial charge in [0.15, 0.2) is 0 Å². The summed E-state index contributed by atoms with van der Waals surface area (Å²) in [6.45, 7) is 2.18. The van der Waals surface area contributed by atoms with Gasteiger partial charge in [-0.2, -0.15) is 0 Å². The highest BCUT2D eigenvalue weighted by Crippen LogP contribution is 2.38. The van der Waals surface area contributed by atoms with Crippen LogP contribution in [0.2, 0.25) is 0 Å². The monoisotopic (exact) mass is 299 g/mol. The lowest BCUT2D eigenvalue weighted by atomic mass is 10.00. The number of thioether (sulfide) groups is 1. The van der Waals surface area contributed by atoms with Gasteiger partial charge in [-0.1, -0.05) is 43.3 Å². The number of aryl methyl sites for hydroxylation is 1. The lowest BCUT2D eigenvalue weighted by Gasteiger charge is -2.32. The molecule has 110 valence electrons. The second kappa shape index (κ2) is 6.54. The average molecular weight is 299 g/mol. The maximum Gasteiger partial charge on any atom is 0.133 e. The summed E-state index contributed by atoms with van der Waals surface area (Å²) in [5.41, 5.74) is 2.66. The zero-order valence-corrected chi connectivity index (χ0v) is 13.3. The quantitative estimate of drug-likeness (QED) is 0.920. The molecule has 1 aliphatic heterocycles. The molecule has 1 heterocycles. The predicted molar refractivity (Wildman–Crippen MR) is 89.2 cm³/mol. The summed E-state index contributed by atoms with van der Waals surface area (Å²) in [4.78, 5) is 1.24. The molecular weight excluding hydrogens is 278 g/mol. The normalized spacial score (nSPS) is 18.7. The minimum atomic E-state index is 0.155. The summed E-state index contributed by atoms with van der Waals surface area (Å²) in [5.74, 6) is 1.97. The predicted octanol–water partition coefficient (Wildman–Crippen LogP) is 4.06. The molecule has 2 nitrogen and oxygen atoms in total. The largest absolute Gasteiger partial charge is 0.486 e. The number of hydrogen-bond acceptors (Lipinski definition) is 3. The van der Waals surface area contributed by atoms with Crippen molar-refractivity contribution in [3.63, 3.8) is 0 Å². The maximum absolute atomic E-state index is 6.21. The highest BCUT2D eigenvalue weighted by molar-refractivity contribution is 7.99. The Hall–Kier alpha value is -1.45. The van der Waals surface area contributed by atoms with E-state index in [1.807, 2.05) is 24.9 Å². The van der Waals surface area contributed by atoms with Gasteiger partial charge in [-0.05, 0) is 36.7 Å². The van der Waals surface area contributed by atoms with Crippen molar-refractivity contribution in [2.24, 2.45) is 0 Å². The summed E-state index contributed by atoms with van der Waals surface area (Å²) in [5, 5.41) is 3.42. The molecule has 3 heteroatoms. The number of hydrogen-bond donors (Lipinski definition) is 1. The Bertz CT molecular complexity index is 596. The van der Waals surface area contributed by atoms with Gasteiger partial charge in [0.05, 0.1) is 6.04 Å². The first-order valence-corrected chi connectivity index (χ1v) is 8.45. The molecule has 0 aromatic heterocycles.